The summed E-state index contributed by atoms with van der Waals surface area (Å²) in [6.07, 6.45) is 11.8. The van der Waals surface area contributed by atoms with E-state index in [1.807, 2.05) is 36.7 Å². The van der Waals surface area contributed by atoms with Crippen molar-refractivity contribution >= 4 is 29.2 Å². The van der Waals surface area contributed by atoms with Crippen LogP contribution in [0.5, 0.6) is 0 Å². The van der Waals surface area contributed by atoms with E-state index >= 15 is 0 Å². The molecule has 1 aromatic carbocycles. The molecule has 1 aliphatic heterocycles. The minimum absolute atomic E-state index is 0.128. The Kier molecular flexibility index (Phi) is 5.41. The van der Waals surface area contributed by atoms with Gasteiger partial charge in [-0.15, -0.1) is 0 Å². The van der Waals surface area contributed by atoms with Crippen LogP contribution in [0.1, 0.15) is 44.9 Å². The van der Waals surface area contributed by atoms with Gasteiger partial charge in [-0.25, -0.2) is 9.97 Å². The summed E-state index contributed by atoms with van der Waals surface area (Å²) in [4.78, 5) is 24.7. The van der Waals surface area contributed by atoms with Gasteiger partial charge in [-0.1, -0.05) is 24.2 Å². The van der Waals surface area contributed by atoms with Crippen molar-refractivity contribution in [2.45, 2.75) is 60.9 Å². The van der Waals surface area contributed by atoms with Crippen LogP contribution in [0.15, 0.2) is 46.6 Å². The number of piperidine rings is 1. The van der Waals surface area contributed by atoms with E-state index in [2.05, 4.69) is 20.2 Å². The number of anilines is 2. The van der Waals surface area contributed by atoms with Gasteiger partial charge < -0.3 is 16.0 Å². The van der Waals surface area contributed by atoms with Crippen molar-refractivity contribution in [1.29, 1.82) is 0 Å². The van der Waals surface area contributed by atoms with Crippen LogP contribution in [0.3, 0.4) is 0 Å². The molecule has 1 saturated heterocycles. The summed E-state index contributed by atoms with van der Waals surface area (Å²) in [6, 6.07) is 8.29. The van der Waals surface area contributed by atoms with Gasteiger partial charge in [0.05, 0.1) is 12.4 Å². The first-order valence-corrected chi connectivity index (χ1v) is 11.8. The maximum absolute atomic E-state index is 12.0. The number of rotatable bonds is 5. The average molecular weight is 424 g/mol. The molecule has 1 atom stereocenters. The lowest BCUT2D eigenvalue weighted by atomic mass is 9.74. The van der Waals surface area contributed by atoms with Gasteiger partial charge in [0.1, 0.15) is 10.8 Å². The largest absolute Gasteiger partial charge is 0.355 e. The maximum Gasteiger partial charge on any atom is 0.227 e. The fourth-order valence-electron chi connectivity index (χ4n) is 4.84. The van der Waals surface area contributed by atoms with Gasteiger partial charge >= 0.3 is 0 Å². The molecule has 3 N–H and O–H groups in total. The van der Waals surface area contributed by atoms with Crippen molar-refractivity contribution in [1.82, 2.24) is 9.97 Å². The SMILES string of the molecule is N[C@@H]1CCCC12CCN(c1cnc(Sc3cccc(NC(=O)C4CC4)c3)cn1)CC2. The summed E-state index contributed by atoms with van der Waals surface area (Å²) in [5, 5.41) is 3.86. The molecule has 3 aliphatic rings. The Bertz CT molecular complexity index is 906. The van der Waals surface area contributed by atoms with Gasteiger partial charge in [0.15, 0.2) is 0 Å². The summed E-state index contributed by atoms with van der Waals surface area (Å²) in [7, 11) is 0. The summed E-state index contributed by atoms with van der Waals surface area (Å²) < 4.78 is 0. The Balaban J connectivity index is 1.19. The number of benzene rings is 1. The maximum atomic E-state index is 12.0. The van der Waals surface area contributed by atoms with E-state index in [0.717, 1.165) is 60.2 Å². The van der Waals surface area contributed by atoms with Crippen molar-refractivity contribution in [3.8, 4) is 0 Å². The Morgan fingerprint density at radius 3 is 2.63 bits per heavy atom. The van der Waals surface area contributed by atoms with Crippen molar-refractivity contribution in [2.75, 3.05) is 23.3 Å². The predicted molar refractivity (Wildman–Crippen MR) is 120 cm³/mol. The third-order valence-electron chi connectivity index (χ3n) is 6.95. The van der Waals surface area contributed by atoms with E-state index in [1.54, 1.807) is 11.8 Å². The zero-order valence-electron chi connectivity index (χ0n) is 17.2. The number of hydrogen-bond acceptors (Lipinski definition) is 6. The van der Waals surface area contributed by atoms with Gasteiger partial charge in [0.2, 0.25) is 5.91 Å². The van der Waals surface area contributed by atoms with E-state index in [9.17, 15) is 4.79 Å². The number of nitrogens with zero attached hydrogens (tertiary/aromatic N) is 3. The third-order valence-corrected chi connectivity index (χ3v) is 7.86. The number of nitrogens with one attached hydrogen (secondary N) is 1. The number of amides is 1. The summed E-state index contributed by atoms with van der Waals surface area (Å²) >= 11 is 1.56. The summed E-state index contributed by atoms with van der Waals surface area (Å²) in [5.74, 6) is 1.28. The molecule has 1 aromatic heterocycles. The second kappa shape index (κ2) is 8.19. The highest BCUT2D eigenvalue weighted by atomic mass is 32.2. The first-order valence-electron chi connectivity index (χ1n) is 11.0. The van der Waals surface area contributed by atoms with Crippen LogP contribution in [-0.2, 0) is 4.79 Å². The Morgan fingerprint density at radius 1 is 1.13 bits per heavy atom. The number of aromatic nitrogens is 2. The highest BCUT2D eigenvalue weighted by molar-refractivity contribution is 7.99. The zero-order valence-corrected chi connectivity index (χ0v) is 18.0. The second-order valence-corrected chi connectivity index (χ2v) is 10.0. The lowest BCUT2D eigenvalue weighted by molar-refractivity contribution is -0.117. The molecule has 0 radical (unpaired) electrons. The lowest BCUT2D eigenvalue weighted by Gasteiger charge is -2.42. The van der Waals surface area contributed by atoms with Gasteiger partial charge in [-0.3, -0.25) is 4.79 Å². The zero-order chi connectivity index (χ0) is 20.6. The van der Waals surface area contributed by atoms with Gasteiger partial charge in [-0.2, -0.15) is 0 Å². The molecule has 3 fully saturated rings. The van der Waals surface area contributed by atoms with E-state index in [1.165, 1.54) is 19.3 Å². The summed E-state index contributed by atoms with van der Waals surface area (Å²) in [6.45, 7) is 2.02. The van der Waals surface area contributed by atoms with E-state index in [4.69, 9.17) is 5.73 Å². The minimum atomic E-state index is 0.128. The first kappa shape index (κ1) is 19.8. The number of nitrogens with two attached hydrogens (primary N) is 1. The molecule has 1 spiro atoms. The number of carbonyl (C=O) groups is 1. The normalized spacial score (nSPS) is 23.0. The number of hydrogen-bond donors (Lipinski definition) is 2. The average Bonchev–Trinajstić information content (AvgIpc) is 3.55. The molecule has 5 rings (SSSR count). The molecular formula is C23H29N5OS. The third kappa shape index (κ3) is 4.18. The molecule has 2 saturated carbocycles. The molecule has 7 heteroatoms. The van der Waals surface area contributed by atoms with Crippen LogP contribution in [0.2, 0.25) is 0 Å². The Hall–Kier alpha value is -2.12. The fraction of sp³-hybridized carbons (Fsp3) is 0.522. The highest BCUT2D eigenvalue weighted by Gasteiger charge is 2.43. The molecule has 0 bridgehead atoms. The molecule has 1 amide bonds. The number of carbonyl (C=O) groups excluding carboxylic acids is 1. The molecule has 2 aromatic rings. The molecule has 2 heterocycles. The predicted octanol–water partition coefficient (Wildman–Crippen LogP) is 4.07. The van der Waals surface area contributed by atoms with Gasteiger partial charge in [0, 0.05) is 35.6 Å². The first-order chi connectivity index (χ1) is 14.6. The van der Waals surface area contributed by atoms with Gasteiger partial charge in [0.25, 0.3) is 0 Å². The highest BCUT2D eigenvalue weighted by Crippen LogP contribution is 2.45. The van der Waals surface area contributed by atoms with Crippen molar-refractivity contribution in [3.05, 3.63) is 36.7 Å². The fourth-order valence-corrected chi connectivity index (χ4v) is 5.63. The Labute approximate surface area is 182 Å². The van der Waals surface area contributed by atoms with E-state index in [0.29, 0.717) is 11.5 Å². The van der Waals surface area contributed by atoms with Crippen molar-refractivity contribution < 1.29 is 4.79 Å². The lowest BCUT2D eigenvalue weighted by Crippen LogP contribution is -2.47. The van der Waals surface area contributed by atoms with Crippen LogP contribution in [0.25, 0.3) is 0 Å². The van der Waals surface area contributed by atoms with Crippen LogP contribution in [0, 0.1) is 11.3 Å². The summed E-state index contributed by atoms with van der Waals surface area (Å²) in [5.41, 5.74) is 7.61. The quantitative estimate of drug-likeness (QED) is 0.754. The molecule has 2 aliphatic carbocycles. The Morgan fingerprint density at radius 2 is 1.97 bits per heavy atom. The van der Waals surface area contributed by atoms with Crippen LogP contribution < -0.4 is 16.0 Å². The molecule has 6 nitrogen and oxygen atoms in total. The molecular weight excluding hydrogens is 394 g/mol. The molecule has 158 valence electrons. The van der Waals surface area contributed by atoms with Gasteiger partial charge in [-0.05, 0) is 62.1 Å². The van der Waals surface area contributed by atoms with Crippen molar-refractivity contribution in [3.63, 3.8) is 0 Å². The van der Waals surface area contributed by atoms with Crippen LogP contribution in [0.4, 0.5) is 11.5 Å². The smallest absolute Gasteiger partial charge is 0.227 e. The molecule has 0 unspecified atom stereocenters. The second-order valence-electron chi connectivity index (χ2n) is 8.95. The monoisotopic (exact) mass is 423 g/mol. The topological polar surface area (TPSA) is 84.1 Å². The van der Waals surface area contributed by atoms with Crippen LogP contribution in [-0.4, -0.2) is 35.0 Å². The van der Waals surface area contributed by atoms with E-state index in [-0.39, 0.29) is 11.8 Å². The van der Waals surface area contributed by atoms with Crippen molar-refractivity contribution in [2.24, 2.45) is 17.1 Å². The minimum Gasteiger partial charge on any atom is -0.355 e. The van der Waals surface area contributed by atoms with Crippen LogP contribution >= 0.6 is 11.8 Å². The van der Waals surface area contributed by atoms with E-state index < -0.39 is 0 Å². The molecule has 30 heavy (non-hydrogen) atoms. The standard InChI is InChI=1S/C23H29N5OS/c24-19-5-2-8-23(19)9-11-28(12-10-23)20-14-26-21(15-25-20)30-18-4-1-3-17(13-18)27-22(29)16-6-7-16/h1,3-4,13-16,19H,2,5-12,24H2,(H,27,29)/t19-/m1/s1.